The third-order valence-electron chi connectivity index (χ3n) is 6.16. The van der Waals surface area contributed by atoms with E-state index >= 15 is 0 Å². The second-order valence-corrected chi connectivity index (χ2v) is 8.08. The molecule has 0 bridgehead atoms. The third-order valence-corrected chi connectivity index (χ3v) is 6.16. The van der Waals surface area contributed by atoms with E-state index in [-0.39, 0.29) is 24.0 Å². The molecule has 3 aliphatic rings. The lowest BCUT2D eigenvalue weighted by atomic mass is 9.92. The topological polar surface area (TPSA) is 99.2 Å². The van der Waals surface area contributed by atoms with Gasteiger partial charge in [0.1, 0.15) is 12.1 Å². The number of aliphatic hydroxyl groups is 1. The number of piperazine rings is 1. The van der Waals surface area contributed by atoms with Gasteiger partial charge < -0.3 is 25.0 Å². The molecule has 2 N–H and O–H groups in total. The Morgan fingerprint density at radius 2 is 1.90 bits per heavy atom. The Bertz CT molecular complexity index is 829. The maximum Gasteiger partial charge on any atom is 0.253 e. The van der Waals surface area contributed by atoms with Crippen molar-refractivity contribution in [2.24, 2.45) is 0 Å². The molecule has 8 heteroatoms. The molecule has 3 fully saturated rings. The molecule has 30 heavy (non-hydrogen) atoms. The van der Waals surface area contributed by atoms with Crippen LogP contribution in [0, 0.1) is 0 Å². The zero-order valence-corrected chi connectivity index (χ0v) is 16.8. The smallest absolute Gasteiger partial charge is 0.253 e. The highest BCUT2D eigenvalue weighted by Crippen LogP contribution is 2.32. The summed E-state index contributed by atoms with van der Waals surface area (Å²) in [4.78, 5) is 41.8. The van der Waals surface area contributed by atoms with Crippen LogP contribution in [-0.4, -0.2) is 76.6 Å². The summed E-state index contributed by atoms with van der Waals surface area (Å²) in [6, 6.07) is 7.39. The molecule has 4 rings (SSSR count). The standard InChI is InChI=1S/C22H27N3O5/c1-2-10-30-16-12-18-21(28)24-9-8-15(11-17(24)22(29)25(18)13-16)23-20(27)19(26)14-6-4-3-5-7-14/h2-7,15-19,26H,1,8-13H2,(H,23,27). The van der Waals surface area contributed by atoms with Gasteiger partial charge in [-0.3, -0.25) is 14.4 Å². The number of carbonyl (C=O) groups is 3. The summed E-state index contributed by atoms with van der Waals surface area (Å²) in [5.41, 5.74) is 0.516. The Morgan fingerprint density at radius 1 is 1.20 bits per heavy atom. The van der Waals surface area contributed by atoms with Crippen LogP contribution in [0.2, 0.25) is 0 Å². The Morgan fingerprint density at radius 3 is 2.63 bits per heavy atom. The number of piperidine rings is 1. The van der Waals surface area contributed by atoms with Gasteiger partial charge in [0.25, 0.3) is 5.91 Å². The number of hydrogen-bond acceptors (Lipinski definition) is 5. The first-order chi connectivity index (χ1) is 14.5. The molecule has 0 spiro atoms. The number of nitrogens with one attached hydrogen (secondary N) is 1. The Hall–Kier alpha value is -2.71. The zero-order valence-electron chi connectivity index (χ0n) is 16.8. The number of rotatable bonds is 6. The van der Waals surface area contributed by atoms with Crippen molar-refractivity contribution in [3.05, 3.63) is 48.6 Å². The van der Waals surface area contributed by atoms with E-state index in [2.05, 4.69) is 11.9 Å². The second-order valence-electron chi connectivity index (χ2n) is 8.08. The molecule has 0 radical (unpaired) electrons. The molecule has 5 unspecified atom stereocenters. The Labute approximate surface area is 175 Å². The first-order valence-corrected chi connectivity index (χ1v) is 10.4. The highest BCUT2D eigenvalue weighted by atomic mass is 16.5. The quantitative estimate of drug-likeness (QED) is 0.657. The minimum Gasteiger partial charge on any atom is -0.378 e. The predicted octanol–water partition coefficient (Wildman–Crippen LogP) is 0.382. The molecule has 3 amide bonds. The molecule has 3 heterocycles. The van der Waals surface area contributed by atoms with Crippen molar-refractivity contribution < 1.29 is 24.2 Å². The van der Waals surface area contributed by atoms with Gasteiger partial charge in [-0.1, -0.05) is 36.4 Å². The average molecular weight is 413 g/mol. The van der Waals surface area contributed by atoms with E-state index in [0.717, 1.165) is 0 Å². The molecule has 1 aromatic carbocycles. The summed E-state index contributed by atoms with van der Waals surface area (Å²) in [6.45, 7) is 4.83. The van der Waals surface area contributed by atoms with Crippen LogP contribution in [0.3, 0.4) is 0 Å². The number of aliphatic hydroxyl groups excluding tert-OH is 1. The van der Waals surface area contributed by atoms with Crippen molar-refractivity contribution in [1.29, 1.82) is 0 Å². The predicted molar refractivity (Wildman–Crippen MR) is 108 cm³/mol. The molecule has 1 aromatic rings. The number of amides is 3. The lowest BCUT2D eigenvalue weighted by Gasteiger charge is -2.46. The van der Waals surface area contributed by atoms with Crippen molar-refractivity contribution in [3.63, 3.8) is 0 Å². The van der Waals surface area contributed by atoms with Crippen LogP contribution < -0.4 is 5.32 Å². The van der Waals surface area contributed by atoms with E-state index in [1.807, 2.05) is 6.07 Å². The summed E-state index contributed by atoms with van der Waals surface area (Å²) in [6.07, 6.45) is 1.62. The first-order valence-electron chi connectivity index (χ1n) is 10.4. The lowest BCUT2D eigenvalue weighted by molar-refractivity contribution is -0.162. The van der Waals surface area contributed by atoms with Crippen molar-refractivity contribution in [2.45, 2.75) is 49.6 Å². The molecule has 3 aliphatic heterocycles. The van der Waals surface area contributed by atoms with Crippen LogP contribution >= 0.6 is 0 Å². The molecule has 8 nitrogen and oxygen atoms in total. The highest BCUT2D eigenvalue weighted by Gasteiger charge is 2.52. The van der Waals surface area contributed by atoms with Gasteiger partial charge in [-0.05, 0) is 18.4 Å². The largest absolute Gasteiger partial charge is 0.378 e. The summed E-state index contributed by atoms with van der Waals surface area (Å²) in [5.74, 6) is -0.628. The van der Waals surface area contributed by atoms with Gasteiger partial charge in [0.15, 0.2) is 6.10 Å². The molecule has 160 valence electrons. The van der Waals surface area contributed by atoms with Gasteiger partial charge in [0.05, 0.1) is 12.7 Å². The minimum atomic E-state index is -1.27. The fourth-order valence-corrected chi connectivity index (χ4v) is 4.64. The number of hydrogen-bond donors (Lipinski definition) is 2. The summed E-state index contributed by atoms with van der Waals surface area (Å²) in [5, 5.41) is 13.1. The van der Waals surface area contributed by atoms with Crippen LogP contribution in [0.4, 0.5) is 0 Å². The van der Waals surface area contributed by atoms with Gasteiger partial charge in [-0.2, -0.15) is 0 Å². The van der Waals surface area contributed by atoms with Crippen LogP contribution in [0.25, 0.3) is 0 Å². The normalized spacial score (nSPS) is 29.2. The molecule has 0 aliphatic carbocycles. The number of carbonyl (C=O) groups excluding carboxylic acids is 3. The molecule has 3 saturated heterocycles. The van der Waals surface area contributed by atoms with Crippen LogP contribution in [0.15, 0.2) is 43.0 Å². The van der Waals surface area contributed by atoms with E-state index in [4.69, 9.17) is 4.74 Å². The fraction of sp³-hybridized carbons (Fsp3) is 0.500. The van der Waals surface area contributed by atoms with Crippen LogP contribution in [-0.2, 0) is 19.1 Å². The highest BCUT2D eigenvalue weighted by molar-refractivity contribution is 5.98. The number of ether oxygens (including phenoxy) is 1. The molecular weight excluding hydrogens is 386 g/mol. The van der Waals surface area contributed by atoms with E-state index < -0.39 is 24.1 Å². The summed E-state index contributed by atoms with van der Waals surface area (Å²) < 4.78 is 5.67. The fourth-order valence-electron chi connectivity index (χ4n) is 4.64. The van der Waals surface area contributed by atoms with E-state index in [9.17, 15) is 19.5 Å². The van der Waals surface area contributed by atoms with Crippen molar-refractivity contribution >= 4 is 17.7 Å². The monoisotopic (exact) mass is 413 g/mol. The van der Waals surface area contributed by atoms with Gasteiger partial charge in [-0.15, -0.1) is 6.58 Å². The molecule has 5 atom stereocenters. The van der Waals surface area contributed by atoms with Crippen molar-refractivity contribution in [2.75, 3.05) is 19.7 Å². The van der Waals surface area contributed by atoms with Crippen LogP contribution in [0.5, 0.6) is 0 Å². The zero-order chi connectivity index (χ0) is 21.3. The number of fused-ring (bicyclic) bond motifs is 2. The molecule has 0 saturated carbocycles. The molecule has 0 aromatic heterocycles. The van der Waals surface area contributed by atoms with Gasteiger partial charge in [0, 0.05) is 25.6 Å². The van der Waals surface area contributed by atoms with Crippen molar-refractivity contribution in [1.82, 2.24) is 15.1 Å². The minimum absolute atomic E-state index is 0.0431. The van der Waals surface area contributed by atoms with Gasteiger partial charge in [0.2, 0.25) is 11.8 Å². The Balaban J connectivity index is 1.40. The summed E-state index contributed by atoms with van der Waals surface area (Å²) >= 11 is 0. The molecular formula is C22H27N3O5. The average Bonchev–Trinajstić information content (AvgIpc) is 3.21. The first kappa shape index (κ1) is 20.6. The van der Waals surface area contributed by atoms with Gasteiger partial charge >= 0.3 is 0 Å². The van der Waals surface area contributed by atoms with E-state index in [1.54, 1.807) is 40.1 Å². The lowest BCUT2D eigenvalue weighted by Crippen LogP contribution is -2.66. The van der Waals surface area contributed by atoms with E-state index in [0.29, 0.717) is 44.5 Å². The van der Waals surface area contributed by atoms with E-state index in [1.165, 1.54) is 0 Å². The maximum absolute atomic E-state index is 13.1. The second kappa shape index (κ2) is 8.57. The maximum atomic E-state index is 13.1. The van der Waals surface area contributed by atoms with Crippen molar-refractivity contribution in [3.8, 4) is 0 Å². The number of benzene rings is 1. The Kier molecular flexibility index (Phi) is 5.87. The summed E-state index contributed by atoms with van der Waals surface area (Å²) in [7, 11) is 0. The van der Waals surface area contributed by atoms with Crippen LogP contribution in [0.1, 0.15) is 30.9 Å². The van der Waals surface area contributed by atoms with Gasteiger partial charge in [-0.25, -0.2) is 0 Å². The SMILES string of the molecule is C=CCOC1CC2C(=O)N3CCC(NC(=O)C(O)c4ccccc4)CC3C(=O)N2C1. The third kappa shape index (κ3) is 3.85. The number of nitrogens with zero attached hydrogens (tertiary/aromatic N) is 2.